The predicted molar refractivity (Wildman–Crippen MR) is 88.1 cm³/mol. The molecule has 0 radical (unpaired) electrons. The Balaban J connectivity index is 1.93. The zero-order valence-corrected chi connectivity index (χ0v) is 13.5. The van der Waals surface area contributed by atoms with Gasteiger partial charge in [-0.15, -0.1) is 0 Å². The highest BCUT2D eigenvalue weighted by Crippen LogP contribution is 2.31. The van der Waals surface area contributed by atoms with E-state index >= 15 is 0 Å². The Labute approximate surface area is 125 Å². The maximum absolute atomic E-state index is 3.65. The van der Waals surface area contributed by atoms with Gasteiger partial charge in [-0.25, -0.2) is 0 Å². The Hall–Kier alpha value is -0.820. The van der Waals surface area contributed by atoms with Crippen LogP contribution in [0.5, 0.6) is 0 Å². The molecule has 0 aliphatic heterocycles. The molecular weight excluding hydrogens is 242 g/mol. The molecular formula is C19H31N. The fraction of sp³-hybridized carbons (Fsp3) is 0.684. The average Bonchev–Trinajstić information content (AvgIpc) is 2.89. The van der Waals surface area contributed by atoms with Crippen LogP contribution in [0.1, 0.15) is 57.1 Å². The molecule has 0 bridgehead atoms. The maximum atomic E-state index is 3.65. The van der Waals surface area contributed by atoms with Crippen LogP contribution in [0.25, 0.3) is 0 Å². The topological polar surface area (TPSA) is 12.0 Å². The molecule has 1 unspecified atom stereocenters. The Morgan fingerprint density at radius 3 is 2.60 bits per heavy atom. The number of benzene rings is 1. The molecule has 1 saturated carbocycles. The summed E-state index contributed by atoms with van der Waals surface area (Å²) < 4.78 is 0. The van der Waals surface area contributed by atoms with Crippen molar-refractivity contribution in [1.82, 2.24) is 5.32 Å². The monoisotopic (exact) mass is 273 g/mol. The van der Waals surface area contributed by atoms with E-state index in [1.807, 2.05) is 0 Å². The van der Waals surface area contributed by atoms with Crippen molar-refractivity contribution in [2.24, 2.45) is 11.8 Å². The first-order valence-electron chi connectivity index (χ1n) is 8.42. The van der Waals surface area contributed by atoms with Gasteiger partial charge in [0.2, 0.25) is 0 Å². The van der Waals surface area contributed by atoms with Gasteiger partial charge in [0.05, 0.1) is 0 Å². The van der Waals surface area contributed by atoms with Crippen molar-refractivity contribution in [2.75, 3.05) is 6.54 Å². The molecule has 1 atom stereocenters. The Morgan fingerprint density at radius 1 is 1.20 bits per heavy atom. The molecule has 112 valence electrons. The van der Waals surface area contributed by atoms with Crippen molar-refractivity contribution in [3.05, 3.63) is 35.4 Å². The van der Waals surface area contributed by atoms with E-state index in [2.05, 4.69) is 50.4 Å². The summed E-state index contributed by atoms with van der Waals surface area (Å²) in [6, 6.07) is 9.65. The third kappa shape index (κ3) is 5.28. The number of rotatable bonds is 7. The average molecular weight is 273 g/mol. The van der Waals surface area contributed by atoms with E-state index < -0.39 is 0 Å². The molecule has 1 nitrogen and oxygen atoms in total. The van der Waals surface area contributed by atoms with Crippen molar-refractivity contribution >= 4 is 0 Å². The maximum Gasteiger partial charge on any atom is 0.00104 e. The standard InChI is InChI=1S/C19H31N/c1-15(2)20-14-19(12-17-8-4-5-9-17)13-18-10-6-7-16(3)11-18/h6-7,10-11,15,17,19-20H,4-5,8-9,12-14H2,1-3H3. The van der Waals surface area contributed by atoms with Crippen LogP contribution in [-0.4, -0.2) is 12.6 Å². The van der Waals surface area contributed by atoms with Crippen LogP contribution in [0.3, 0.4) is 0 Å². The SMILES string of the molecule is Cc1cccc(CC(CNC(C)C)CC2CCCC2)c1. The summed E-state index contributed by atoms with van der Waals surface area (Å²) in [7, 11) is 0. The molecule has 1 heteroatoms. The van der Waals surface area contributed by atoms with Crippen molar-refractivity contribution in [3.63, 3.8) is 0 Å². The van der Waals surface area contributed by atoms with E-state index in [1.165, 1.54) is 56.2 Å². The summed E-state index contributed by atoms with van der Waals surface area (Å²) in [6.45, 7) is 7.86. The quantitative estimate of drug-likeness (QED) is 0.757. The molecule has 0 spiro atoms. The van der Waals surface area contributed by atoms with Gasteiger partial charge in [0.1, 0.15) is 0 Å². The molecule has 1 fully saturated rings. The molecule has 1 aliphatic carbocycles. The molecule has 0 amide bonds. The summed E-state index contributed by atoms with van der Waals surface area (Å²) in [4.78, 5) is 0. The number of hydrogen-bond acceptors (Lipinski definition) is 1. The van der Waals surface area contributed by atoms with E-state index in [1.54, 1.807) is 0 Å². The summed E-state index contributed by atoms with van der Waals surface area (Å²) in [6.07, 6.45) is 8.49. The number of hydrogen-bond donors (Lipinski definition) is 1. The molecule has 1 N–H and O–H groups in total. The zero-order valence-electron chi connectivity index (χ0n) is 13.5. The normalized spacial score (nSPS) is 17.8. The lowest BCUT2D eigenvalue weighted by atomic mass is 9.88. The van der Waals surface area contributed by atoms with Gasteiger partial charge in [-0.1, -0.05) is 69.4 Å². The van der Waals surface area contributed by atoms with Gasteiger partial charge in [-0.2, -0.15) is 0 Å². The second kappa shape index (κ2) is 7.83. The molecule has 20 heavy (non-hydrogen) atoms. The lowest BCUT2D eigenvalue weighted by molar-refractivity contribution is 0.348. The van der Waals surface area contributed by atoms with Gasteiger partial charge in [0.15, 0.2) is 0 Å². The molecule has 0 saturated heterocycles. The van der Waals surface area contributed by atoms with Crippen LogP contribution in [-0.2, 0) is 6.42 Å². The second-order valence-corrected chi connectivity index (χ2v) is 7.01. The number of aryl methyl sites for hydroxylation is 1. The highest BCUT2D eigenvalue weighted by Gasteiger charge is 2.20. The van der Waals surface area contributed by atoms with Crippen LogP contribution in [0.4, 0.5) is 0 Å². The van der Waals surface area contributed by atoms with Gasteiger partial charge in [0.25, 0.3) is 0 Å². The third-order valence-electron chi connectivity index (χ3n) is 4.56. The Bertz CT molecular complexity index is 391. The lowest BCUT2D eigenvalue weighted by Crippen LogP contribution is -2.30. The summed E-state index contributed by atoms with van der Waals surface area (Å²) in [5.41, 5.74) is 2.90. The minimum atomic E-state index is 0.596. The fourth-order valence-electron chi connectivity index (χ4n) is 3.53. The Morgan fingerprint density at radius 2 is 1.95 bits per heavy atom. The van der Waals surface area contributed by atoms with Crippen LogP contribution >= 0.6 is 0 Å². The summed E-state index contributed by atoms with van der Waals surface area (Å²) >= 11 is 0. The second-order valence-electron chi connectivity index (χ2n) is 7.01. The van der Waals surface area contributed by atoms with Crippen LogP contribution in [0, 0.1) is 18.8 Å². The predicted octanol–water partition coefficient (Wildman–Crippen LogP) is 4.73. The highest BCUT2D eigenvalue weighted by atomic mass is 14.9. The van der Waals surface area contributed by atoms with Crippen molar-refractivity contribution < 1.29 is 0 Å². The first-order chi connectivity index (χ1) is 9.63. The van der Waals surface area contributed by atoms with Gasteiger partial charge in [-0.05, 0) is 43.7 Å². The first kappa shape index (κ1) is 15.6. The number of nitrogens with one attached hydrogen (secondary N) is 1. The van der Waals surface area contributed by atoms with Crippen LogP contribution in [0.15, 0.2) is 24.3 Å². The molecule has 2 rings (SSSR count). The minimum Gasteiger partial charge on any atom is -0.314 e. The lowest BCUT2D eigenvalue weighted by Gasteiger charge is -2.22. The highest BCUT2D eigenvalue weighted by molar-refractivity contribution is 5.22. The van der Waals surface area contributed by atoms with E-state index in [4.69, 9.17) is 0 Å². The van der Waals surface area contributed by atoms with E-state index in [0.717, 1.165) is 11.8 Å². The van der Waals surface area contributed by atoms with Gasteiger partial charge >= 0.3 is 0 Å². The smallest absolute Gasteiger partial charge is 0.00104 e. The fourth-order valence-corrected chi connectivity index (χ4v) is 3.53. The van der Waals surface area contributed by atoms with Crippen LogP contribution in [0.2, 0.25) is 0 Å². The third-order valence-corrected chi connectivity index (χ3v) is 4.56. The van der Waals surface area contributed by atoms with Gasteiger partial charge in [-0.3, -0.25) is 0 Å². The van der Waals surface area contributed by atoms with E-state index in [0.29, 0.717) is 6.04 Å². The summed E-state index contributed by atoms with van der Waals surface area (Å²) in [5, 5.41) is 3.65. The first-order valence-corrected chi connectivity index (χ1v) is 8.42. The largest absolute Gasteiger partial charge is 0.314 e. The zero-order chi connectivity index (χ0) is 14.4. The van der Waals surface area contributed by atoms with Crippen molar-refractivity contribution in [2.45, 2.75) is 65.3 Å². The van der Waals surface area contributed by atoms with Crippen molar-refractivity contribution in [1.29, 1.82) is 0 Å². The van der Waals surface area contributed by atoms with Gasteiger partial charge < -0.3 is 5.32 Å². The molecule has 0 aromatic heterocycles. The summed E-state index contributed by atoms with van der Waals surface area (Å²) in [5.74, 6) is 1.78. The molecule has 0 heterocycles. The molecule has 1 aromatic rings. The molecule has 1 aliphatic rings. The van der Waals surface area contributed by atoms with E-state index in [-0.39, 0.29) is 0 Å². The van der Waals surface area contributed by atoms with E-state index in [9.17, 15) is 0 Å². The van der Waals surface area contributed by atoms with Gasteiger partial charge in [0, 0.05) is 6.04 Å². The minimum absolute atomic E-state index is 0.596. The van der Waals surface area contributed by atoms with Crippen LogP contribution < -0.4 is 5.32 Å². The van der Waals surface area contributed by atoms with Crippen molar-refractivity contribution in [3.8, 4) is 0 Å². The molecule has 1 aromatic carbocycles. The Kier molecular flexibility index (Phi) is 6.09.